The van der Waals surface area contributed by atoms with E-state index in [-0.39, 0.29) is 11.6 Å². The molecule has 0 saturated carbocycles. The minimum absolute atomic E-state index is 0.111. The summed E-state index contributed by atoms with van der Waals surface area (Å²) in [5.74, 6) is 2.17. The predicted molar refractivity (Wildman–Crippen MR) is 149 cm³/mol. The fraction of sp³-hybridized carbons (Fsp3) is 0.483. The van der Waals surface area contributed by atoms with Crippen LogP contribution in [0.3, 0.4) is 0 Å². The largest absolute Gasteiger partial charge is 0.416 e. The third kappa shape index (κ3) is 5.94. The molecule has 0 aliphatic carbocycles. The molecule has 11 heteroatoms. The lowest BCUT2D eigenvalue weighted by atomic mass is 10.2. The Labute approximate surface area is 232 Å². The van der Waals surface area contributed by atoms with E-state index in [2.05, 4.69) is 43.9 Å². The molecule has 2 unspecified atom stereocenters. The van der Waals surface area contributed by atoms with E-state index in [1.54, 1.807) is 4.90 Å². The lowest BCUT2D eigenvalue weighted by molar-refractivity contribution is -0.137. The normalized spacial score (nSPS) is 19.3. The third-order valence-electron chi connectivity index (χ3n) is 7.79. The van der Waals surface area contributed by atoms with Crippen molar-refractivity contribution in [3.8, 4) is 0 Å². The van der Waals surface area contributed by atoms with Crippen LogP contribution in [0.4, 0.5) is 29.3 Å². The zero-order chi connectivity index (χ0) is 28.4. The summed E-state index contributed by atoms with van der Waals surface area (Å²) < 4.78 is 41.7. The number of fused-ring (bicyclic) bond motifs is 2. The van der Waals surface area contributed by atoms with Crippen LogP contribution in [0.25, 0.3) is 0 Å². The standard InChI is InChI=1S/C29H36F3N7O/c1-20(2)27-35-34-21(3)39(27)36-18-25-13-14-26(19-36)37(25)15-8-16-38(24-11-5-4-6-12-24)28(40)33-23-10-7-9-22(17-23)29(30,31)32/h4-7,9-12,17,20,25-26H,8,13-16,18-19H2,1-3H3,(H,33,40). The number of para-hydroxylation sites is 1. The number of aromatic nitrogens is 3. The summed E-state index contributed by atoms with van der Waals surface area (Å²) in [6.45, 7) is 9.33. The maximum Gasteiger partial charge on any atom is 0.416 e. The number of amides is 2. The molecule has 214 valence electrons. The van der Waals surface area contributed by atoms with Gasteiger partial charge in [-0.2, -0.15) is 13.2 Å². The summed E-state index contributed by atoms with van der Waals surface area (Å²) in [5.41, 5.74) is 0.0115. The second kappa shape index (κ2) is 11.5. The van der Waals surface area contributed by atoms with Gasteiger partial charge in [0, 0.05) is 42.5 Å². The Balaban J connectivity index is 1.24. The van der Waals surface area contributed by atoms with Crippen molar-refractivity contribution < 1.29 is 18.0 Å². The number of carbonyl (C=O) groups excluding carboxylic acids is 1. The fourth-order valence-corrected chi connectivity index (χ4v) is 5.91. The smallest absolute Gasteiger partial charge is 0.308 e. The molecule has 2 aromatic carbocycles. The van der Waals surface area contributed by atoms with Crippen molar-refractivity contribution in [1.82, 2.24) is 19.8 Å². The van der Waals surface area contributed by atoms with Crippen LogP contribution in [0.5, 0.6) is 0 Å². The van der Waals surface area contributed by atoms with Crippen LogP contribution in [0.1, 0.15) is 56.2 Å². The summed E-state index contributed by atoms with van der Waals surface area (Å²) in [6.07, 6.45) is -1.50. The molecule has 2 saturated heterocycles. The molecule has 1 N–H and O–H groups in total. The molecule has 0 spiro atoms. The molecule has 40 heavy (non-hydrogen) atoms. The highest BCUT2D eigenvalue weighted by molar-refractivity contribution is 6.01. The Morgan fingerprint density at radius 3 is 2.40 bits per heavy atom. The average molecular weight is 556 g/mol. The van der Waals surface area contributed by atoms with Gasteiger partial charge in [0.2, 0.25) is 0 Å². The summed E-state index contributed by atoms with van der Waals surface area (Å²) in [4.78, 5) is 17.4. The molecule has 1 aromatic heterocycles. The molecular weight excluding hydrogens is 519 g/mol. The first-order valence-electron chi connectivity index (χ1n) is 13.9. The van der Waals surface area contributed by atoms with Crippen molar-refractivity contribution in [1.29, 1.82) is 0 Å². The van der Waals surface area contributed by atoms with Crippen molar-refractivity contribution in [3.05, 3.63) is 71.8 Å². The lowest BCUT2D eigenvalue weighted by Gasteiger charge is -2.43. The van der Waals surface area contributed by atoms with Crippen LogP contribution in [-0.2, 0) is 6.18 Å². The molecule has 2 aliphatic heterocycles. The number of nitrogens with zero attached hydrogens (tertiary/aromatic N) is 6. The Hall–Kier alpha value is -3.60. The number of hydrogen-bond donors (Lipinski definition) is 1. The van der Waals surface area contributed by atoms with Gasteiger partial charge in [-0.05, 0) is 56.5 Å². The van der Waals surface area contributed by atoms with Crippen LogP contribution < -0.4 is 15.2 Å². The van der Waals surface area contributed by atoms with E-state index >= 15 is 0 Å². The first-order chi connectivity index (χ1) is 19.1. The van der Waals surface area contributed by atoms with Crippen molar-refractivity contribution in [2.24, 2.45) is 0 Å². The first-order valence-corrected chi connectivity index (χ1v) is 13.9. The quantitative estimate of drug-likeness (QED) is 0.390. The molecule has 3 heterocycles. The topological polar surface area (TPSA) is 69.5 Å². The number of aryl methyl sites for hydroxylation is 1. The van der Waals surface area contributed by atoms with Crippen LogP contribution in [0.15, 0.2) is 54.6 Å². The van der Waals surface area contributed by atoms with Gasteiger partial charge in [0.05, 0.1) is 18.7 Å². The number of halogens is 3. The third-order valence-corrected chi connectivity index (χ3v) is 7.79. The van der Waals surface area contributed by atoms with Gasteiger partial charge in [-0.15, -0.1) is 10.2 Å². The predicted octanol–water partition coefficient (Wildman–Crippen LogP) is 5.64. The highest BCUT2D eigenvalue weighted by atomic mass is 19.4. The Morgan fingerprint density at radius 2 is 1.75 bits per heavy atom. The number of benzene rings is 2. The van der Waals surface area contributed by atoms with Crippen LogP contribution in [0, 0.1) is 6.92 Å². The first kappa shape index (κ1) is 27.9. The molecule has 2 aliphatic rings. The second-order valence-corrected chi connectivity index (χ2v) is 10.9. The van der Waals surface area contributed by atoms with Gasteiger partial charge in [-0.3, -0.25) is 9.80 Å². The average Bonchev–Trinajstić information content (AvgIpc) is 3.41. The maximum absolute atomic E-state index is 13.3. The number of piperazine rings is 1. The molecule has 2 bridgehead atoms. The highest BCUT2D eigenvalue weighted by Gasteiger charge is 2.40. The van der Waals surface area contributed by atoms with Gasteiger partial charge >= 0.3 is 12.2 Å². The zero-order valence-electron chi connectivity index (χ0n) is 23.1. The molecule has 5 rings (SSSR count). The van der Waals surface area contributed by atoms with E-state index in [1.807, 2.05) is 37.3 Å². The van der Waals surface area contributed by atoms with Crippen molar-refractivity contribution in [3.63, 3.8) is 0 Å². The van der Waals surface area contributed by atoms with E-state index in [0.717, 1.165) is 62.7 Å². The molecule has 0 radical (unpaired) electrons. The van der Waals surface area contributed by atoms with Crippen LogP contribution in [-0.4, -0.2) is 64.1 Å². The number of urea groups is 1. The second-order valence-electron chi connectivity index (χ2n) is 10.9. The van der Waals surface area contributed by atoms with E-state index in [9.17, 15) is 18.0 Å². The van der Waals surface area contributed by atoms with Gasteiger partial charge in [0.1, 0.15) is 5.82 Å². The van der Waals surface area contributed by atoms with Gasteiger partial charge in [-0.25, -0.2) is 9.47 Å². The molecule has 2 atom stereocenters. The van der Waals surface area contributed by atoms with E-state index in [0.29, 0.717) is 24.3 Å². The number of alkyl halides is 3. The number of anilines is 2. The molecule has 2 fully saturated rings. The number of hydrogen-bond acceptors (Lipinski definition) is 5. The molecule has 3 aromatic rings. The summed E-state index contributed by atoms with van der Waals surface area (Å²) in [5, 5.41) is 13.8. The van der Waals surface area contributed by atoms with Gasteiger partial charge in [0.15, 0.2) is 5.82 Å². The summed E-state index contributed by atoms with van der Waals surface area (Å²) >= 11 is 0. The minimum atomic E-state index is -4.48. The molecule has 2 amide bonds. The Morgan fingerprint density at radius 1 is 1.05 bits per heavy atom. The van der Waals surface area contributed by atoms with Crippen molar-refractivity contribution >= 4 is 17.4 Å². The van der Waals surface area contributed by atoms with E-state index in [4.69, 9.17) is 0 Å². The molecular formula is C29H36F3N7O. The number of carbonyl (C=O) groups is 1. The number of rotatable bonds is 8. The van der Waals surface area contributed by atoms with Gasteiger partial charge in [0.25, 0.3) is 0 Å². The fourth-order valence-electron chi connectivity index (χ4n) is 5.91. The highest BCUT2D eigenvalue weighted by Crippen LogP contribution is 2.32. The zero-order valence-corrected chi connectivity index (χ0v) is 23.1. The SMILES string of the molecule is Cc1nnc(C(C)C)n1N1CC2CCC(C1)N2CCCN(C(=O)Nc1cccc(C(F)(F)F)c1)c1ccccc1. The van der Waals surface area contributed by atoms with Crippen molar-refractivity contribution in [2.75, 3.05) is 41.4 Å². The Bertz CT molecular complexity index is 1300. The molecule has 8 nitrogen and oxygen atoms in total. The minimum Gasteiger partial charge on any atom is -0.308 e. The number of nitrogens with one attached hydrogen (secondary N) is 1. The van der Waals surface area contributed by atoms with Crippen LogP contribution in [0.2, 0.25) is 0 Å². The summed E-state index contributed by atoms with van der Waals surface area (Å²) in [6, 6.07) is 14.3. The van der Waals surface area contributed by atoms with Gasteiger partial charge < -0.3 is 10.3 Å². The lowest BCUT2D eigenvalue weighted by Crippen LogP contribution is -2.58. The van der Waals surface area contributed by atoms with E-state index in [1.165, 1.54) is 12.1 Å². The van der Waals surface area contributed by atoms with E-state index < -0.39 is 17.8 Å². The Kier molecular flexibility index (Phi) is 8.02. The summed E-state index contributed by atoms with van der Waals surface area (Å²) in [7, 11) is 0. The van der Waals surface area contributed by atoms with Crippen molar-refractivity contribution in [2.45, 2.75) is 64.2 Å². The van der Waals surface area contributed by atoms with Gasteiger partial charge in [-0.1, -0.05) is 38.1 Å². The monoisotopic (exact) mass is 555 g/mol. The maximum atomic E-state index is 13.3. The van der Waals surface area contributed by atoms with Crippen LogP contribution >= 0.6 is 0 Å².